The third kappa shape index (κ3) is 2.16. The third-order valence-corrected chi connectivity index (χ3v) is 2.62. The number of hydrogen-bond acceptors (Lipinski definition) is 6. The number of piperazine rings is 1. The van der Waals surface area contributed by atoms with Crippen molar-refractivity contribution in [1.29, 1.82) is 5.26 Å². The average Bonchev–Trinajstić information content (AvgIpc) is 2.38. The van der Waals surface area contributed by atoms with E-state index in [1.807, 2.05) is 11.0 Å². The van der Waals surface area contributed by atoms with E-state index in [1.165, 1.54) is 12.3 Å². The Morgan fingerprint density at radius 1 is 1.53 bits per heavy atom. The molecule has 0 unspecified atom stereocenters. The summed E-state index contributed by atoms with van der Waals surface area (Å²) in [5.41, 5.74) is -0.143. The van der Waals surface area contributed by atoms with Gasteiger partial charge in [-0.1, -0.05) is 0 Å². The molecule has 1 fully saturated rings. The molecule has 1 aromatic rings. The van der Waals surface area contributed by atoms with Crippen molar-refractivity contribution in [2.75, 3.05) is 31.1 Å². The predicted molar refractivity (Wildman–Crippen MR) is 60.7 cm³/mol. The molecule has 0 radical (unpaired) electrons. The molecule has 2 rings (SSSR count). The smallest absolute Gasteiger partial charge is 0.329 e. The Kier molecular flexibility index (Phi) is 3.16. The highest BCUT2D eigenvalue weighted by Crippen LogP contribution is 2.28. The van der Waals surface area contributed by atoms with Gasteiger partial charge in [0.05, 0.1) is 4.92 Å². The fourth-order valence-electron chi connectivity index (χ4n) is 1.82. The maximum atomic E-state index is 11.0. The molecule has 7 nitrogen and oxygen atoms in total. The quantitative estimate of drug-likeness (QED) is 0.582. The van der Waals surface area contributed by atoms with Gasteiger partial charge >= 0.3 is 5.69 Å². The predicted octanol–water partition coefficient (Wildman–Crippen LogP) is 0.271. The van der Waals surface area contributed by atoms with Crippen LogP contribution in [0.1, 0.15) is 5.56 Å². The summed E-state index contributed by atoms with van der Waals surface area (Å²) in [6.45, 7) is 2.83. The van der Waals surface area contributed by atoms with Crippen LogP contribution in [0.3, 0.4) is 0 Å². The van der Waals surface area contributed by atoms with Crippen LogP contribution >= 0.6 is 0 Å². The van der Waals surface area contributed by atoms with Crippen LogP contribution in [0.25, 0.3) is 0 Å². The first-order chi connectivity index (χ1) is 8.24. The molecule has 0 amide bonds. The van der Waals surface area contributed by atoms with Crippen molar-refractivity contribution in [1.82, 2.24) is 10.3 Å². The highest BCUT2D eigenvalue weighted by Gasteiger charge is 2.26. The second-order valence-corrected chi connectivity index (χ2v) is 3.64. The lowest BCUT2D eigenvalue weighted by molar-refractivity contribution is -0.384. The normalized spacial score (nSPS) is 15.4. The summed E-state index contributed by atoms with van der Waals surface area (Å²) in [5.74, 6) is 0.288. The van der Waals surface area contributed by atoms with Crippen LogP contribution in [0, 0.1) is 21.4 Å². The molecule has 7 heteroatoms. The van der Waals surface area contributed by atoms with E-state index in [1.54, 1.807) is 0 Å². The molecule has 17 heavy (non-hydrogen) atoms. The molecule has 0 saturated carbocycles. The lowest BCUT2D eigenvalue weighted by Gasteiger charge is -2.27. The van der Waals surface area contributed by atoms with Crippen LogP contribution in [-0.2, 0) is 0 Å². The van der Waals surface area contributed by atoms with Crippen molar-refractivity contribution in [3.63, 3.8) is 0 Å². The first-order valence-electron chi connectivity index (χ1n) is 5.23. The minimum absolute atomic E-state index is 0.0542. The Labute approximate surface area is 97.8 Å². The van der Waals surface area contributed by atoms with Gasteiger partial charge in [0.1, 0.15) is 11.6 Å². The van der Waals surface area contributed by atoms with Crippen molar-refractivity contribution < 1.29 is 4.92 Å². The molecule has 0 aromatic carbocycles. The number of nitrogens with zero attached hydrogens (tertiary/aromatic N) is 4. The van der Waals surface area contributed by atoms with Crippen molar-refractivity contribution in [3.8, 4) is 6.07 Å². The molecule has 1 aliphatic heterocycles. The Morgan fingerprint density at radius 2 is 2.24 bits per heavy atom. The van der Waals surface area contributed by atoms with Gasteiger partial charge in [0, 0.05) is 32.4 Å². The van der Waals surface area contributed by atoms with Crippen molar-refractivity contribution in [2.24, 2.45) is 0 Å². The van der Waals surface area contributed by atoms with Crippen LogP contribution < -0.4 is 10.2 Å². The summed E-state index contributed by atoms with van der Waals surface area (Å²) >= 11 is 0. The number of hydrogen-bond donors (Lipinski definition) is 1. The molecule has 1 saturated heterocycles. The maximum Gasteiger partial charge on any atom is 0.329 e. The summed E-state index contributed by atoms with van der Waals surface area (Å²) in [6, 6.07) is 3.20. The van der Waals surface area contributed by atoms with Gasteiger partial charge in [0.25, 0.3) is 0 Å². The molecule has 2 heterocycles. The number of nitro groups is 1. The maximum absolute atomic E-state index is 11.0. The molecular formula is C10H11N5O2. The van der Waals surface area contributed by atoms with Crippen molar-refractivity contribution in [2.45, 2.75) is 0 Å². The van der Waals surface area contributed by atoms with Gasteiger partial charge in [-0.2, -0.15) is 5.26 Å². The highest BCUT2D eigenvalue weighted by atomic mass is 16.6. The Morgan fingerprint density at radius 3 is 2.82 bits per heavy atom. The minimum atomic E-state index is -0.539. The number of nitriles is 1. The largest absolute Gasteiger partial charge is 0.348 e. The van der Waals surface area contributed by atoms with Crippen LogP contribution in [0.2, 0.25) is 0 Å². The van der Waals surface area contributed by atoms with E-state index in [4.69, 9.17) is 5.26 Å². The molecule has 1 N–H and O–H groups in total. The lowest BCUT2D eigenvalue weighted by atomic mass is 10.2. The standard InChI is InChI=1S/C10H11N5O2/c11-7-8-1-2-13-10(9(8)15(16)17)14-5-3-12-4-6-14/h1-2,12H,3-6H2. The van der Waals surface area contributed by atoms with Crippen molar-refractivity contribution >= 4 is 11.5 Å². The molecule has 0 atom stereocenters. The molecule has 1 aliphatic rings. The summed E-state index contributed by atoms with van der Waals surface area (Å²) in [4.78, 5) is 16.3. The average molecular weight is 233 g/mol. The van der Waals surface area contributed by atoms with Crippen LogP contribution in [0.15, 0.2) is 12.3 Å². The van der Waals surface area contributed by atoms with E-state index < -0.39 is 4.92 Å². The number of anilines is 1. The SMILES string of the molecule is N#Cc1ccnc(N2CCNCC2)c1[N+](=O)[O-]. The number of aromatic nitrogens is 1. The molecule has 0 bridgehead atoms. The van der Waals surface area contributed by atoms with Crippen LogP contribution in [-0.4, -0.2) is 36.1 Å². The summed E-state index contributed by atoms with van der Waals surface area (Å²) in [5, 5.41) is 23.1. The second-order valence-electron chi connectivity index (χ2n) is 3.64. The molecule has 1 aromatic heterocycles. The van der Waals surface area contributed by atoms with E-state index in [0.717, 1.165) is 13.1 Å². The van der Waals surface area contributed by atoms with E-state index in [9.17, 15) is 10.1 Å². The van der Waals surface area contributed by atoms with E-state index in [2.05, 4.69) is 10.3 Å². The fourth-order valence-corrected chi connectivity index (χ4v) is 1.82. The van der Waals surface area contributed by atoms with Gasteiger partial charge in [-0.15, -0.1) is 0 Å². The molecule has 88 valence electrons. The first kappa shape index (κ1) is 11.3. The van der Waals surface area contributed by atoms with Crippen molar-refractivity contribution in [3.05, 3.63) is 27.9 Å². The summed E-state index contributed by atoms with van der Waals surface area (Å²) < 4.78 is 0. The second kappa shape index (κ2) is 4.76. The van der Waals surface area contributed by atoms with Gasteiger partial charge in [-0.05, 0) is 6.07 Å². The number of nitrogens with one attached hydrogen (secondary N) is 1. The Balaban J connectivity index is 2.45. The highest BCUT2D eigenvalue weighted by molar-refractivity contribution is 5.65. The first-order valence-corrected chi connectivity index (χ1v) is 5.23. The zero-order chi connectivity index (χ0) is 12.3. The van der Waals surface area contributed by atoms with E-state index >= 15 is 0 Å². The lowest BCUT2D eigenvalue weighted by Crippen LogP contribution is -2.44. The Bertz CT molecular complexity index is 476. The van der Waals surface area contributed by atoms with Gasteiger partial charge < -0.3 is 10.2 Å². The zero-order valence-electron chi connectivity index (χ0n) is 9.09. The summed E-state index contributed by atoms with van der Waals surface area (Å²) in [7, 11) is 0. The molecule has 0 spiro atoms. The number of rotatable bonds is 2. The third-order valence-electron chi connectivity index (χ3n) is 2.62. The van der Waals surface area contributed by atoms with Crippen LogP contribution in [0.4, 0.5) is 11.5 Å². The Hall–Kier alpha value is -2.20. The van der Waals surface area contributed by atoms with Gasteiger partial charge in [-0.25, -0.2) is 4.98 Å². The summed E-state index contributed by atoms with van der Waals surface area (Å²) in [6.07, 6.45) is 1.43. The fraction of sp³-hybridized carbons (Fsp3) is 0.400. The van der Waals surface area contributed by atoms with E-state index in [-0.39, 0.29) is 17.1 Å². The van der Waals surface area contributed by atoms with Gasteiger partial charge in [-0.3, -0.25) is 10.1 Å². The minimum Gasteiger partial charge on any atom is -0.348 e. The van der Waals surface area contributed by atoms with E-state index in [0.29, 0.717) is 13.1 Å². The topological polar surface area (TPSA) is 95.1 Å². The molecule has 0 aliphatic carbocycles. The molecular weight excluding hydrogens is 222 g/mol. The number of pyridine rings is 1. The van der Waals surface area contributed by atoms with Gasteiger partial charge in [0.2, 0.25) is 5.82 Å². The monoisotopic (exact) mass is 233 g/mol. The van der Waals surface area contributed by atoms with Gasteiger partial charge in [0.15, 0.2) is 0 Å². The van der Waals surface area contributed by atoms with Crippen LogP contribution in [0.5, 0.6) is 0 Å². The zero-order valence-corrected chi connectivity index (χ0v) is 9.09.